The Hall–Kier alpha value is -3.81. The summed E-state index contributed by atoms with van der Waals surface area (Å²) in [5.41, 5.74) is -0.0568. The maximum absolute atomic E-state index is 12.1. The van der Waals surface area contributed by atoms with Crippen LogP contribution in [0.4, 0.5) is 11.4 Å². The van der Waals surface area contributed by atoms with Gasteiger partial charge in [-0.15, -0.1) is 0 Å². The van der Waals surface area contributed by atoms with E-state index in [2.05, 4.69) is 10.3 Å². The van der Waals surface area contributed by atoms with Crippen LogP contribution in [0.15, 0.2) is 70.1 Å². The van der Waals surface area contributed by atoms with Crippen LogP contribution in [0.2, 0.25) is 0 Å². The molecule has 3 aromatic rings. The number of carbonyl (C=O) groups excluding carboxylic acids is 1. The lowest BCUT2D eigenvalue weighted by atomic mass is 10.2. The first-order valence-electron chi connectivity index (χ1n) is 7.15. The molecule has 1 amide bonds. The number of pyridine rings is 1. The van der Waals surface area contributed by atoms with E-state index < -0.39 is 16.5 Å². The summed E-state index contributed by atoms with van der Waals surface area (Å²) >= 11 is 0. The number of carbonyl (C=O) groups is 1. The number of nitro groups is 1. The normalized spacial score (nSPS) is 10.2. The molecule has 2 heterocycles. The third-order valence-electron chi connectivity index (χ3n) is 3.36. The SMILES string of the molecule is O=C(Nc1ccc(-c2cccnc2)oc1=O)c1ccc([N+](=O)[O-])cc1. The topological polar surface area (TPSA) is 115 Å². The van der Waals surface area contributed by atoms with Gasteiger partial charge in [-0.25, -0.2) is 4.79 Å². The first-order chi connectivity index (χ1) is 12.0. The predicted octanol–water partition coefficient (Wildman–Crippen LogP) is 2.86. The molecule has 0 radical (unpaired) electrons. The molecule has 0 aliphatic rings. The minimum absolute atomic E-state index is 0.0315. The van der Waals surface area contributed by atoms with Gasteiger partial charge in [0, 0.05) is 35.7 Å². The zero-order valence-corrected chi connectivity index (χ0v) is 12.7. The van der Waals surface area contributed by atoms with Gasteiger partial charge >= 0.3 is 5.63 Å². The maximum atomic E-state index is 12.1. The average molecular weight is 337 g/mol. The highest BCUT2D eigenvalue weighted by atomic mass is 16.6. The number of nitrogens with one attached hydrogen (secondary N) is 1. The van der Waals surface area contributed by atoms with E-state index in [4.69, 9.17) is 4.42 Å². The van der Waals surface area contributed by atoms with Gasteiger partial charge in [0.15, 0.2) is 0 Å². The van der Waals surface area contributed by atoms with E-state index in [1.54, 1.807) is 30.6 Å². The molecule has 1 aromatic carbocycles. The summed E-state index contributed by atoms with van der Waals surface area (Å²) in [5, 5.41) is 13.0. The molecule has 3 rings (SSSR count). The molecule has 0 aliphatic heterocycles. The third-order valence-corrected chi connectivity index (χ3v) is 3.36. The number of aromatic nitrogens is 1. The molecule has 2 aromatic heterocycles. The molecule has 0 saturated carbocycles. The van der Waals surface area contributed by atoms with Crippen LogP contribution in [0, 0.1) is 10.1 Å². The van der Waals surface area contributed by atoms with Gasteiger partial charge in [-0.1, -0.05) is 0 Å². The molecule has 0 aliphatic carbocycles. The van der Waals surface area contributed by atoms with Gasteiger partial charge in [0.05, 0.1) is 4.92 Å². The van der Waals surface area contributed by atoms with Crippen LogP contribution >= 0.6 is 0 Å². The van der Waals surface area contributed by atoms with E-state index in [0.717, 1.165) is 0 Å². The molecule has 25 heavy (non-hydrogen) atoms. The Bertz CT molecular complexity index is 981. The minimum atomic E-state index is -0.711. The third kappa shape index (κ3) is 3.58. The van der Waals surface area contributed by atoms with Gasteiger partial charge in [0.25, 0.3) is 11.6 Å². The lowest BCUT2D eigenvalue weighted by molar-refractivity contribution is -0.384. The van der Waals surface area contributed by atoms with Crippen LogP contribution in [0.3, 0.4) is 0 Å². The molecule has 1 N–H and O–H groups in total. The smallest absolute Gasteiger partial charge is 0.360 e. The van der Waals surface area contributed by atoms with Crippen molar-refractivity contribution in [1.29, 1.82) is 0 Å². The summed E-state index contributed by atoms with van der Waals surface area (Å²) < 4.78 is 5.18. The van der Waals surface area contributed by atoms with Crippen molar-refractivity contribution in [2.45, 2.75) is 0 Å². The minimum Gasteiger partial charge on any atom is -0.421 e. The van der Waals surface area contributed by atoms with E-state index in [1.165, 1.54) is 30.3 Å². The first-order valence-corrected chi connectivity index (χ1v) is 7.15. The second-order valence-electron chi connectivity index (χ2n) is 5.00. The Morgan fingerprint density at radius 1 is 1.12 bits per heavy atom. The standard InChI is InChI=1S/C17H11N3O5/c21-16(11-3-5-13(6-4-11)20(23)24)19-14-7-8-15(25-17(14)22)12-2-1-9-18-10-12/h1-10H,(H,19,21). The highest BCUT2D eigenvalue weighted by Gasteiger charge is 2.12. The van der Waals surface area contributed by atoms with E-state index in [0.29, 0.717) is 11.3 Å². The van der Waals surface area contributed by atoms with E-state index in [-0.39, 0.29) is 16.9 Å². The molecule has 0 fully saturated rings. The fourth-order valence-corrected chi connectivity index (χ4v) is 2.10. The average Bonchev–Trinajstić information content (AvgIpc) is 2.64. The quantitative estimate of drug-likeness (QED) is 0.578. The molecule has 0 bridgehead atoms. The van der Waals surface area contributed by atoms with Gasteiger partial charge < -0.3 is 9.73 Å². The molecular formula is C17H11N3O5. The maximum Gasteiger partial charge on any atom is 0.360 e. The highest BCUT2D eigenvalue weighted by molar-refractivity contribution is 6.04. The molecule has 0 unspecified atom stereocenters. The monoisotopic (exact) mass is 337 g/mol. The van der Waals surface area contributed by atoms with E-state index in [1.807, 2.05) is 0 Å². The number of nitro benzene ring substituents is 1. The van der Waals surface area contributed by atoms with Crippen LogP contribution in [0.1, 0.15) is 10.4 Å². The summed E-state index contributed by atoms with van der Waals surface area (Å²) in [4.78, 5) is 38.2. The molecule has 0 spiro atoms. The second-order valence-corrected chi connectivity index (χ2v) is 5.00. The summed E-state index contributed by atoms with van der Waals surface area (Å²) in [7, 11) is 0. The van der Waals surface area contributed by atoms with Crippen molar-refractivity contribution in [1.82, 2.24) is 4.98 Å². The number of hydrogen-bond donors (Lipinski definition) is 1. The number of amides is 1. The number of hydrogen-bond acceptors (Lipinski definition) is 6. The van der Waals surface area contributed by atoms with Crippen molar-refractivity contribution in [2.24, 2.45) is 0 Å². The zero-order valence-electron chi connectivity index (χ0n) is 12.7. The molecule has 0 atom stereocenters. The van der Waals surface area contributed by atoms with Crippen molar-refractivity contribution < 1.29 is 14.1 Å². The van der Waals surface area contributed by atoms with Gasteiger partial charge in [0.1, 0.15) is 11.4 Å². The molecule has 0 saturated heterocycles. The van der Waals surface area contributed by atoms with E-state index in [9.17, 15) is 19.7 Å². The molecule has 124 valence electrons. The van der Waals surface area contributed by atoms with Gasteiger partial charge in [-0.3, -0.25) is 19.9 Å². The Balaban J connectivity index is 1.80. The zero-order chi connectivity index (χ0) is 17.8. The lowest BCUT2D eigenvalue weighted by Crippen LogP contribution is -2.17. The molecular weight excluding hydrogens is 326 g/mol. The van der Waals surface area contributed by atoms with Crippen LogP contribution < -0.4 is 10.9 Å². The van der Waals surface area contributed by atoms with E-state index >= 15 is 0 Å². The van der Waals surface area contributed by atoms with Crippen molar-refractivity contribution in [3.63, 3.8) is 0 Å². The van der Waals surface area contributed by atoms with Crippen LogP contribution in [-0.2, 0) is 0 Å². The fourth-order valence-electron chi connectivity index (χ4n) is 2.10. The highest BCUT2D eigenvalue weighted by Crippen LogP contribution is 2.18. The Kier molecular flexibility index (Phi) is 4.34. The van der Waals surface area contributed by atoms with Gasteiger partial charge in [-0.2, -0.15) is 0 Å². The second kappa shape index (κ2) is 6.75. The Morgan fingerprint density at radius 2 is 1.88 bits per heavy atom. The first kappa shape index (κ1) is 16.1. The van der Waals surface area contributed by atoms with Crippen LogP contribution in [-0.4, -0.2) is 15.8 Å². The molecule has 8 heteroatoms. The number of rotatable bonds is 4. The molecule has 8 nitrogen and oxygen atoms in total. The van der Waals surface area contributed by atoms with Crippen molar-refractivity contribution >= 4 is 17.3 Å². The summed E-state index contributed by atoms with van der Waals surface area (Å²) in [5.74, 6) is -0.247. The largest absolute Gasteiger partial charge is 0.421 e. The lowest BCUT2D eigenvalue weighted by Gasteiger charge is -2.05. The summed E-state index contributed by atoms with van der Waals surface area (Å²) in [6.07, 6.45) is 3.15. The van der Waals surface area contributed by atoms with Crippen LogP contribution in [0.5, 0.6) is 0 Å². The fraction of sp³-hybridized carbons (Fsp3) is 0. The predicted molar refractivity (Wildman–Crippen MR) is 89.3 cm³/mol. The number of anilines is 1. The van der Waals surface area contributed by atoms with Gasteiger partial charge in [0.2, 0.25) is 0 Å². The summed E-state index contributed by atoms with van der Waals surface area (Å²) in [6.45, 7) is 0. The number of benzene rings is 1. The Labute approximate surface area is 140 Å². The van der Waals surface area contributed by atoms with Crippen LogP contribution in [0.25, 0.3) is 11.3 Å². The van der Waals surface area contributed by atoms with Crippen molar-refractivity contribution in [2.75, 3.05) is 5.32 Å². The van der Waals surface area contributed by atoms with Crippen molar-refractivity contribution in [3.8, 4) is 11.3 Å². The summed E-state index contributed by atoms with van der Waals surface area (Å²) in [6, 6.07) is 11.4. The number of nitrogens with zero attached hydrogens (tertiary/aromatic N) is 2. The van der Waals surface area contributed by atoms with Gasteiger partial charge in [-0.05, 0) is 36.4 Å². The van der Waals surface area contributed by atoms with Crippen molar-refractivity contribution in [3.05, 3.63) is 87.0 Å². The Morgan fingerprint density at radius 3 is 2.48 bits per heavy atom. The number of non-ortho nitro benzene ring substituents is 1.